The minimum atomic E-state index is -0.0485. The van der Waals surface area contributed by atoms with Crippen LogP contribution in [0.3, 0.4) is 0 Å². The van der Waals surface area contributed by atoms with Crippen molar-refractivity contribution < 1.29 is 9.53 Å². The Morgan fingerprint density at radius 3 is 2.65 bits per heavy atom. The first-order valence-corrected chi connectivity index (χ1v) is 6.18. The van der Waals surface area contributed by atoms with Gasteiger partial charge in [0, 0.05) is 13.1 Å². The molecular weight excluding hydrogens is 214 g/mol. The van der Waals surface area contributed by atoms with Crippen LogP contribution in [-0.2, 0) is 16.0 Å². The number of rotatable bonds is 5. The normalized spacial score (nSPS) is 15.4. The van der Waals surface area contributed by atoms with Crippen LogP contribution in [0, 0.1) is 12.8 Å². The van der Waals surface area contributed by atoms with Gasteiger partial charge in [-0.2, -0.15) is 0 Å². The molecular formula is C14H19NO2. The van der Waals surface area contributed by atoms with Crippen LogP contribution in [-0.4, -0.2) is 25.7 Å². The monoisotopic (exact) mass is 233 g/mol. The molecule has 1 N–H and O–H groups in total. The Hall–Kier alpha value is -1.35. The lowest BCUT2D eigenvalue weighted by Gasteiger charge is -2.24. The molecule has 1 aliphatic heterocycles. The molecule has 0 bridgehead atoms. The van der Waals surface area contributed by atoms with Gasteiger partial charge in [0.2, 0.25) is 0 Å². The van der Waals surface area contributed by atoms with Gasteiger partial charge in [0.1, 0.15) is 0 Å². The summed E-state index contributed by atoms with van der Waals surface area (Å²) in [5.74, 6) is 0.0435. The van der Waals surface area contributed by atoms with Crippen molar-refractivity contribution in [2.75, 3.05) is 19.7 Å². The van der Waals surface area contributed by atoms with Gasteiger partial charge in [-0.3, -0.25) is 4.79 Å². The summed E-state index contributed by atoms with van der Waals surface area (Å²) in [6.07, 6.45) is 1.87. The van der Waals surface area contributed by atoms with E-state index in [9.17, 15) is 4.79 Å². The number of carbonyl (C=O) groups excluding carboxylic acids is 1. The van der Waals surface area contributed by atoms with E-state index in [1.807, 2.05) is 0 Å². The first-order valence-electron chi connectivity index (χ1n) is 6.18. The summed E-state index contributed by atoms with van der Waals surface area (Å²) in [7, 11) is 0. The zero-order valence-corrected chi connectivity index (χ0v) is 10.2. The van der Waals surface area contributed by atoms with Gasteiger partial charge in [0.05, 0.1) is 12.5 Å². The van der Waals surface area contributed by atoms with Crippen molar-refractivity contribution in [3.63, 3.8) is 0 Å². The molecule has 0 atom stereocenters. The number of nitrogens with one attached hydrogen (secondary N) is 1. The highest BCUT2D eigenvalue weighted by Gasteiger charge is 2.25. The minimum Gasteiger partial charge on any atom is -0.465 e. The van der Waals surface area contributed by atoms with Gasteiger partial charge in [-0.15, -0.1) is 0 Å². The van der Waals surface area contributed by atoms with E-state index in [1.165, 1.54) is 11.1 Å². The topological polar surface area (TPSA) is 38.3 Å². The number of esters is 1. The summed E-state index contributed by atoms with van der Waals surface area (Å²) < 4.78 is 5.21. The predicted molar refractivity (Wildman–Crippen MR) is 66.8 cm³/mol. The summed E-state index contributed by atoms with van der Waals surface area (Å²) in [5.41, 5.74) is 2.58. The maximum atomic E-state index is 11.4. The Morgan fingerprint density at radius 1 is 1.35 bits per heavy atom. The fourth-order valence-electron chi connectivity index (χ4n) is 1.78. The first-order chi connectivity index (χ1) is 8.25. The van der Waals surface area contributed by atoms with Gasteiger partial charge < -0.3 is 10.1 Å². The molecule has 1 heterocycles. The highest BCUT2D eigenvalue weighted by Crippen LogP contribution is 2.08. The van der Waals surface area contributed by atoms with Crippen LogP contribution in [0.5, 0.6) is 0 Å². The Bertz CT molecular complexity index is 368. The van der Waals surface area contributed by atoms with E-state index in [0.717, 1.165) is 25.9 Å². The highest BCUT2D eigenvalue weighted by atomic mass is 16.5. The molecule has 92 valence electrons. The zero-order chi connectivity index (χ0) is 12.1. The quantitative estimate of drug-likeness (QED) is 0.621. The lowest BCUT2D eigenvalue weighted by Crippen LogP contribution is -2.47. The van der Waals surface area contributed by atoms with Gasteiger partial charge in [-0.25, -0.2) is 0 Å². The van der Waals surface area contributed by atoms with Gasteiger partial charge in [-0.1, -0.05) is 29.8 Å². The lowest BCUT2D eigenvalue weighted by atomic mass is 10.0. The van der Waals surface area contributed by atoms with E-state index in [1.54, 1.807) is 0 Å². The Morgan fingerprint density at radius 2 is 2.06 bits per heavy atom. The molecule has 1 aromatic carbocycles. The maximum absolute atomic E-state index is 11.4. The molecule has 0 spiro atoms. The summed E-state index contributed by atoms with van der Waals surface area (Å²) in [5, 5.41) is 3.06. The molecule has 3 heteroatoms. The fourth-order valence-corrected chi connectivity index (χ4v) is 1.78. The van der Waals surface area contributed by atoms with Gasteiger partial charge >= 0.3 is 5.97 Å². The second-order valence-corrected chi connectivity index (χ2v) is 4.61. The third kappa shape index (κ3) is 3.56. The molecule has 0 aromatic heterocycles. The van der Waals surface area contributed by atoms with Gasteiger partial charge in [-0.05, 0) is 25.3 Å². The summed E-state index contributed by atoms with van der Waals surface area (Å²) in [6, 6.07) is 8.49. The SMILES string of the molecule is Cc1ccc(CCCOC(=O)C2CNC2)cc1. The third-order valence-corrected chi connectivity index (χ3v) is 3.09. The smallest absolute Gasteiger partial charge is 0.311 e. The summed E-state index contributed by atoms with van der Waals surface area (Å²) in [6.45, 7) is 4.16. The number of hydrogen-bond donors (Lipinski definition) is 1. The van der Waals surface area contributed by atoms with Crippen molar-refractivity contribution in [3.8, 4) is 0 Å². The van der Waals surface area contributed by atoms with E-state index in [-0.39, 0.29) is 11.9 Å². The van der Waals surface area contributed by atoms with E-state index >= 15 is 0 Å². The lowest BCUT2D eigenvalue weighted by molar-refractivity contribution is -0.150. The maximum Gasteiger partial charge on any atom is 0.311 e. The predicted octanol–water partition coefficient (Wildman–Crippen LogP) is 1.69. The van der Waals surface area contributed by atoms with Crippen LogP contribution in [0.1, 0.15) is 17.5 Å². The van der Waals surface area contributed by atoms with Crippen LogP contribution < -0.4 is 5.32 Å². The largest absolute Gasteiger partial charge is 0.465 e. The second-order valence-electron chi connectivity index (χ2n) is 4.61. The molecule has 1 aliphatic rings. The number of hydrogen-bond acceptors (Lipinski definition) is 3. The van der Waals surface area contributed by atoms with E-state index in [0.29, 0.717) is 6.61 Å². The average Bonchev–Trinajstić information content (AvgIpc) is 2.24. The molecule has 1 fully saturated rings. The first kappa shape index (κ1) is 12.1. The standard InChI is InChI=1S/C14H19NO2/c1-11-4-6-12(7-5-11)3-2-8-17-14(16)13-9-15-10-13/h4-7,13,15H,2-3,8-10H2,1H3. The molecule has 0 unspecified atom stereocenters. The van der Waals surface area contributed by atoms with Crippen LogP contribution in [0.4, 0.5) is 0 Å². The molecule has 1 saturated heterocycles. The van der Waals surface area contributed by atoms with Crippen molar-refractivity contribution >= 4 is 5.97 Å². The number of carbonyl (C=O) groups is 1. The van der Waals surface area contributed by atoms with Crippen LogP contribution >= 0.6 is 0 Å². The van der Waals surface area contributed by atoms with Crippen LogP contribution in [0.2, 0.25) is 0 Å². The van der Waals surface area contributed by atoms with Crippen LogP contribution in [0.15, 0.2) is 24.3 Å². The Labute approximate surface area is 102 Å². The van der Waals surface area contributed by atoms with Crippen molar-refractivity contribution in [2.24, 2.45) is 5.92 Å². The molecule has 1 aromatic rings. The summed E-state index contributed by atoms with van der Waals surface area (Å²) in [4.78, 5) is 11.4. The van der Waals surface area contributed by atoms with E-state index in [4.69, 9.17) is 4.74 Å². The molecule has 0 aliphatic carbocycles. The van der Waals surface area contributed by atoms with Crippen molar-refractivity contribution in [2.45, 2.75) is 19.8 Å². The van der Waals surface area contributed by atoms with Crippen molar-refractivity contribution in [1.82, 2.24) is 5.32 Å². The molecule has 0 saturated carbocycles. The minimum absolute atomic E-state index is 0.0485. The third-order valence-electron chi connectivity index (χ3n) is 3.09. The van der Waals surface area contributed by atoms with Gasteiger partial charge in [0.15, 0.2) is 0 Å². The van der Waals surface area contributed by atoms with E-state index in [2.05, 4.69) is 36.5 Å². The molecule has 0 radical (unpaired) electrons. The van der Waals surface area contributed by atoms with Crippen LogP contribution in [0.25, 0.3) is 0 Å². The molecule has 3 nitrogen and oxygen atoms in total. The molecule has 2 rings (SSSR count). The summed E-state index contributed by atoms with van der Waals surface area (Å²) >= 11 is 0. The average molecular weight is 233 g/mol. The zero-order valence-electron chi connectivity index (χ0n) is 10.2. The molecule has 0 amide bonds. The highest BCUT2D eigenvalue weighted by molar-refractivity contribution is 5.73. The fraction of sp³-hybridized carbons (Fsp3) is 0.500. The molecule has 17 heavy (non-hydrogen) atoms. The Balaban J connectivity index is 1.62. The van der Waals surface area contributed by atoms with Crippen molar-refractivity contribution in [3.05, 3.63) is 35.4 Å². The number of benzene rings is 1. The Kier molecular flexibility index (Phi) is 4.15. The second kappa shape index (κ2) is 5.82. The number of aryl methyl sites for hydroxylation is 2. The van der Waals surface area contributed by atoms with Crippen molar-refractivity contribution in [1.29, 1.82) is 0 Å². The van der Waals surface area contributed by atoms with E-state index < -0.39 is 0 Å². The number of ether oxygens (including phenoxy) is 1. The van der Waals surface area contributed by atoms with Gasteiger partial charge in [0.25, 0.3) is 0 Å².